The number of nitrogens with zero attached hydrogens (tertiary/aromatic N) is 3. The molecule has 0 saturated carbocycles. The Balaban J connectivity index is 1.48. The molecule has 7 nitrogen and oxygen atoms in total. The van der Waals surface area contributed by atoms with E-state index >= 15 is 0 Å². The van der Waals surface area contributed by atoms with Gasteiger partial charge in [-0.1, -0.05) is 18.2 Å². The molecule has 0 bridgehead atoms. The molecule has 3 aromatic rings. The van der Waals surface area contributed by atoms with Gasteiger partial charge < -0.3 is 10.8 Å². The Labute approximate surface area is 164 Å². The van der Waals surface area contributed by atoms with Crippen molar-refractivity contribution in [1.82, 2.24) is 14.2 Å². The van der Waals surface area contributed by atoms with E-state index < -0.39 is 10.0 Å². The van der Waals surface area contributed by atoms with Crippen LogP contribution in [-0.2, 0) is 16.6 Å². The molecule has 3 N–H and O–H groups in total. The first-order valence-electron chi connectivity index (χ1n) is 9.09. The van der Waals surface area contributed by atoms with Crippen LogP contribution in [0.15, 0.2) is 59.6 Å². The lowest BCUT2D eigenvalue weighted by atomic mass is 10.1. The van der Waals surface area contributed by atoms with Crippen molar-refractivity contribution in [3.05, 3.63) is 60.3 Å². The van der Waals surface area contributed by atoms with Crippen LogP contribution < -0.4 is 5.73 Å². The van der Waals surface area contributed by atoms with Crippen molar-refractivity contribution in [1.29, 1.82) is 0 Å². The highest BCUT2D eigenvalue weighted by molar-refractivity contribution is 7.89. The molecular formula is C20H22N4O3S. The molecule has 0 radical (unpaired) electrons. The summed E-state index contributed by atoms with van der Waals surface area (Å²) in [5.74, 6) is 0.129. The molecule has 1 aliphatic heterocycles. The summed E-state index contributed by atoms with van der Waals surface area (Å²) < 4.78 is 27.0. The van der Waals surface area contributed by atoms with Gasteiger partial charge >= 0.3 is 0 Å². The zero-order valence-electron chi connectivity index (χ0n) is 15.3. The van der Waals surface area contributed by atoms with E-state index in [0.717, 1.165) is 5.39 Å². The molecule has 8 heteroatoms. The van der Waals surface area contributed by atoms with Crippen molar-refractivity contribution in [2.24, 2.45) is 0 Å². The van der Waals surface area contributed by atoms with Gasteiger partial charge in [0.2, 0.25) is 10.0 Å². The number of fused-ring (bicyclic) bond motifs is 1. The maximum atomic E-state index is 12.7. The van der Waals surface area contributed by atoms with Crippen molar-refractivity contribution in [3.8, 4) is 5.75 Å². The Hall–Kier alpha value is -2.68. The van der Waals surface area contributed by atoms with Crippen LogP contribution in [0.25, 0.3) is 10.9 Å². The number of aromatic hydroxyl groups is 1. The highest BCUT2D eigenvalue weighted by atomic mass is 32.2. The van der Waals surface area contributed by atoms with Crippen molar-refractivity contribution < 1.29 is 13.5 Å². The number of nitrogen functional groups attached to an aromatic ring is 1. The van der Waals surface area contributed by atoms with Gasteiger partial charge in [-0.05, 0) is 30.3 Å². The van der Waals surface area contributed by atoms with Gasteiger partial charge in [0.05, 0.1) is 4.90 Å². The summed E-state index contributed by atoms with van der Waals surface area (Å²) in [5, 5.41) is 11.3. The van der Waals surface area contributed by atoms with Crippen molar-refractivity contribution >= 4 is 26.6 Å². The second-order valence-corrected chi connectivity index (χ2v) is 8.80. The number of nitrogens with two attached hydrogens (primary N) is 1. The third kappa shape index (κ3) is 3.42. The molecule has 146 valence electrons. The van der Waals surface area contributed by atoms with Gasteiger partial charge in [0.25, 0.3) is 0 Å². The van der Waals surface area contributed by atoms with Crippen LogP contribution >= 0.6 is 0 Å². The first-order chi connectivity index (χ1) is 13.5. The molecule has 2 aromatic carbocycles. The number of rotatable bonds is 4. The molecule has 0 unspecified atom stereocenters. The topological polar surface area (TPSA) is 99.8 Å². The third-order valence-corrected chi connectivity index (χ3v) is 7.00. The minimum Gasteiger partial charge on any atom is -0.505 e. The van der Waals surface area contributed by atoms with Gasteiger partial charge in [0.15, 0.2) is 0 Å². The number of hydrogen-bond donors (Lipinski definition) is 2. The van der Waals surface area contributed by atoms with E-state index in [1.165, 1.54) is 4.31 Å². The van der Waals surface area contributed by atoms with Crippen molar-refractivity contribution in [2.75, 3.05) is 31.9 Å². The molecule has 28 heavy (non-hydrogen) atoms. The van der Waals surface area contributed by atoms with E-state index in [1.807, 2.05) is 6.07 Å². The number of piperazine rings is 1. The first-order valence-corrected chi connectivity index (χ1v) is 10.5. The Bertz CT molecular complexity index is 1100. The second-order valence-electron chi connectivity index (χ2n) is 6.87. The molecular weight excluding hydrogens is 376 g/mol. The van der Waals surface area contributed by atoms with E-state index in [4.69, 9.17) is 5.73 Å². The fraction of sp³-hybridized carbons (Fsp3) is 0.250. The molecule has 0 atom stereocenters. The fourth-order valence-electron chi connectivity index (χ4n) is 3.54. The smallest absolute Gasteiger partial charge is 0.243 e. The average Bonchev–Trinajstić information content (AvgIpc) is 2.73. The van der Waals surface area contributed by atoms with Crippen molar-refractivity contribution in [2.45, 2.75) is 11.4 Å². The zero-order valence-corrected chi connectivity index (χ0v) is 16.1. The monoisotopic (exact) mass is 398 g/mol. The molecule has 0 amide bonds. The molecule has 1 saturated heterocycles. The van der Waals surface area contributed by atoms with Gasteiger partial charge in [-0.25, -0.2) is 8.42 Å². The van der Waals surface area contributed by atoms with Gasteiger partial charge in [-0.2, -0.15) is 4.31 Å². The number of phenols is 1. The number of sulfonamides is 1. The lowest BCUT2D eigenvalue weighted by Gasteiger charge is -2.34. The number of pyridine rings is 1. The van der Waals surface area contributed by atoms with E-state index in [-0.39, 0.29) is 5.75 Å². The lowest BCUT2D eigenvalue weighted by molar-refractivity contribution is 0.180. The van der Waals surface area contributed by atoms with Crippen LogP contribution in [0.4, 0.5) is 5.69 Å². The molecule has 0 spiro atoms. The first kappa shape index (κ1) is 18.7. The number of aromatic nitrogens is 1. The minimum absolute atomic E-state index is 0.129. The summed E-state index contributed by atoms with van der Waals surface area (Å²) in [4.78, 5) is 6.66. The Kier molecular flexibility index (Phi) is 4.92. The molecule has 1 aliphatic rings. The Morgan fingerprint density at radius 1 is 1.04 bits per heavy atom. The summed E-state index contributed by atoms with van der Waals surface area (Å²) in [5.41, 5.74) is 7.87. The molecule has 1 aromatic heterocycles. The molecule has 1 fully saturated rings. The number of benzene rings is 2. The predicted octanol–water partition coefficient (Wildman–Crippen LogP) is 2.03. The van der Waals surface area contributed by atoms with Crippen LogP contribution in [-0.4, -0.2) is 53.9 Å². The van der Waals surface area contributed by atoms with Crippen LogP contribution in [0.3, 0.4) is 0 Å². The SMILES string of the molecule is Nc1cc(CN2CCN(S(=O)(=O)c3ccccc3)CC2)c(O)c2ncccc12. The summed E-state index contributed by atoms with van der Waals surface area (Å²) in [7, 11) is -3.47. The lowest BCUT2D eigenvalue weighted by Crippen LogP contribution is -2.48. The highest BCUT2D eigenvalue weighted by Crippen LogP contribution is 2.32. The normalized spacial score (nSPS) is 16.4. The maximum Gasteiger partial charge on any atom is 0.243 e. The molecule has 4 rings (SSSR count). The number of phenolic OH excluding ortho intramolecular Hbond substituents is 1. The van der Waals surface area contributed by atoms with E-state index in [0.29, 0.717) is 54.4 Å². The van der Waals surface area contributed by atoms with Gasteiger partial charge in [0.1, 0.15) is 11.3 Å². The molecule has 2 heterocycles. The summed E-state index contributed by atoms with van der Waals surface area (Å²) in [6.45, 7) is 2.44. The van der Waals surface area contributed by atoms with Crippen LogP contribution in [0.5, 0.6) is 5.75 Å². The maximum absolute atomic E-state index is 12.7. The number of hydrogen-bond acceptors (Lipinski definition) is 6. The van der Waals surface area contributed by atoms with Gasteiger partial charge in [-0.3, -0.25) is 9.88 Å². The third-order valence-electron chi connectivity index (χ3n) is 5.08. The largest absolute Gasteiger partial charge is 0.505 e. The standard InChI is InChI=1S/C20H22N4O3S/c21-18-13-15(20(25)19-17(18)7-4-8-22-19)14-23-9-11-24(12-10-23)28(26,27)16-5-2-1-3-6-16/h1-8,13,25H,9-12,14,21H2. The summed E-state index contributed by atoms with van der Waals surface area (Å²) >= 11 is 0. The average molecular weight is 398 g/mol. The van der Waals surface area contributed by atoms with E-state index in [2.05, 4.69) is 9.88 Å². The van der Waals surface area contributed by atoms with E-state index in [1.54, 1.807) is 48.7 Å². The van der Waals surface area contributed by atoms with Gasteiger partial charge in [-0.15, -0.1) is 0 Å². The highest BCUT2D eigenvalue weighted by Gasteiger charge is 2.28. The fourth-order valence-corrected chi connectivity index (χ4v) is 4.99. The van der Waals surface area contributed by atoms with E-state index in [9.17, 15) is 13.5 Å². The van der Waals surface area contributed by atoms with Crippen LogP contribution in [0, 0.1) is 0 Å². The Morgan fingerprint density at radius 3 is 2.46 bits per heavy atom. The van der Waals surface area contributed by atoms with Crippen LogP contribution in [0.1, 0.15) is 5.56 Å². The Morgan fingerprint density at radius 2 is 1.75 bits per heavy atom. The zero-order chi connectivity index (χ0) is 19.7. The minimum atomic E-state index is -3.47. The van der Waals surface area contributed by atoms with Crippen molar-refractivity contribution in [3.63, 3.8) is 0 Å². The quantitative estimate of drug-likeness (QED) is 0.515. The summed E-state index contributed by atoms with van der Waals surface area (Å²) in [6, 6.07) is 13.9. The predicted molar refractivity (Wildman–Crippen MR) is 108 cm³/mol. The van der Waals surface area contributed by atoms with Crippen LogP contribution in [0.2, 0.25) is 0 Å². The van der Waals surface area contributed by atoms with Gasteiger partial charge in [0, 0.05) is 55.6 Å². The second kappa shape index (κ2) is 7.38. The molecule has 0 aliphatic carbocycles. The summed E-state index contributed by atoms with van der Waals surface area (Å²) in [6.07, 6.45) is 1.62. The number of anilines is 1.